The van der Waals surface area contributed by atoms with Crippen LogP contribution in [0.15, 0.2) is 109 Å². The van der Waals surface area contributed by atoms with E-state index in [1.54, 1.807) is 66.7 Å². The summed E-state index contributed by atoms with van der Waals surface area (Å²) in [5.74, 6) is -0.402. The highest BCUT2D eigenvalue weighted by atomic mass is 16.5. The van der Waals surface area contributed by atoms with Gasteiger partial charge >= 0.3 is 5.97 Å². The normalized spacial score (nSPS) is 10.3. The molecule has 0 saturated carbocycles. The first-order valence-electron chi connectivity index (χ1n) is 9.54. The zero-order chi connectivity index (χ0) is 20.8. The Morgan fingerprint density at radius 1 is 0.600 bits per heavy atom. The molecule has 0 atom stereocenters. The van der Waals surface area contributed by atoms with E-state index in [4.69, 9.17) is 4.74 Å². The molecule has 30 heavy (non-hydrogen) atoms. The van der Waals surface area contributed by atoms with Gasteiger partial charge in [-0.15, -0.1) is 0 Å². The number of anilines is 2. The Balaban J connectivity index is 1.71. The Morgan fingerprint density at radius 2 is 1.20 bits per heavy atom. The van der Waals surface area contributed by atoms with E-state index in [1.165, 1.54) is 0 Å². The molecule has 0 heterocycles. The van der Waals surface area contributed by atoms with E-state index in [1.807, 2.05) is 42.5 Å². The third-order valence-corrected chi connectivity index (χ3v) is 4.54. The van der Waals surface area contributed by atoms with Gasteiger partial charge in [0.1, 0.15) is 5.75 Å². The Labute approximate surface area is 174 Å². The number of hydrogen-bond donors (Lipinski definition) is 1. The molecule has 4 aromatic carbocycles. The summed E-state index contributed by atoms with van der Waals surface area (Å²) in [6, 6.07) is 32.4. The maximum absolute atomic E-state index is 13.1. The van der Waals surface area contributed by atoms with Crippen molar-refractivity contribution < 1.29 is 14.3 Å². The summed E-state index contributed by atoms with van der Waals surface area (Å²) in [5, 5.41) is 3.25. The number of esters is 1. The zero-order valence-corrected chi connectivity index (χ0v) is 16.1. The number of benzene rings is 4. The number of hydrogen-bond acceptors (Lipinski definition) is 4. The van der Waals surface area contributed by atoms with E-state index in [-0.39, 0.29) is 11.3 Å². The van der Waals surface area contributed by atoms with Crippen LogP contribution in [-0.4, -0.2) is 11.8 Å². The topological polar surface area (TPSA) is 55.4 Å². The van der Waals surface area contributed by atoms with Gasteiger partial charge in [-0.2, -0.15) is 0 Å². The summed E-state index contributed by atoms with van der Waals surface area (Å²) in [6.07, 6.45) is 0. The quantitative estimate of drug-likeness (QED) is 0.252. The second-order valence-electron chi connectivity index (χ2n) is 6.65. The van der Waals surface area contributed by atoms with E-state index >= 15 is 0 Å². The first-order valence-corrected chi connectivity index (χ1v) is 9.54. The molecule has 0 aliphatic heterocycles. The van der Waals surface area contributed by atoms with Gasteiger partial charge in [-0.1, -0.05) is 66.7 Å². The predicted molar refractivity (Wildman–Crippen MR) is 117 cm³/mol. The lowest BCUT2D eigenvalue weighted by Gasteiger charge is -2.13. The minimum Gasteiger partial charge on any atom is -0.423 e. The van der Waals surface area contributed by atoms with Crippen LogP contribution in [0.1, 0.15) is 26.3 Å². The Morgan fingerprint density at radius 3 is 1.87 bits per heavy atom. The van der Waals surface area contributed by atoms with Gasteiger partial charge in [0.25, 0.3) is 0 Å². The van der Waals surface area contributed by atoms with E-state index < -0.39 is 5.97 Å². The number of carbonyl (C=O) groups excluding carboxylic acids is 2. The van der Waals surface area contributed by atoms with Crippen LogP contribution >= 0.6 is 0 Å². The van der Waals surface area contributed by atoms with Crippen LogP contribution in [0.5, 0.6) is 5.75 Å². The summed E-state index contributed by atoms with van der Waals surface area (Å²) in [7, 11) is 0. The molecule has 0 saturated heterocycles. The molecule has 0 amide bonds. The summed E-state index contributed by atoms with van der Waals surface area (Å²) in [5.41, 5.74) is 2.57. The average molecular weight is 393 g/mol. The Kier molecular flexibility index (Phi) is 5.67. The smallest absolute Gasteiger partial charge is 0.344 e. The lowest BCUT2D eigenvalue weighted by Crippen LogP contribution is -2.15. The third kappa shape index (κ3) is 4.45. The van der Waals surface area contributed by atoms with Gasteiger partial charge in [-0.3, -0.25) is 4.79 Å². The summed E-state index contributed by atoms with van der Waals surface area (Å²) in [6.45, 7) is 0. The molecule has 4 nitrogen and oxygen atoms in total. The fraction of sp³-hybridized carbons (Fsp3) is 0. The maximum atomic E-state index is 13.1. The number of carbonyl (C=O) groups is 2. The Hall–Kier alpha value is -4.18. The van der Waals surface area contributed by atoms with E-state index in [0.717, 1.165) is 5.69 Å². The van der Waals surface area contributed by atoms with Gasteiger partial charge < -0.3 is 10.1 Å². The molecule has 0 fully saturated rings. The molecule has 146 valence electrons. The number of ketones is 1. The molecule has 0 aromatic heterocycles. The lowest BCUT2D eigenvalue weighted by molar-refractivity contribution is 0.0730. The van der Waals surface area contributed by atoms with Crippen LogP contribution in [0.25, 0.3) is 0 Å². The van der Waals surface area contributed by atoms with Crippen LogP contribution in [0.3, 0.4) is 0 Å². The standard InChI is InChI=1S/C26H19NO3/c28-25(19-10-4-1-5-11-19)23-17-16-21(27-20-12-6-2-7-13-20)18-24(23)26(29)30-22-14-8-3-9-15-22/h1-18,27H. The van der Waals surface area contributed by atoms with Crippen LogP contribution < -0.4 is 10.1 Å². The van der Waals surface area contributed by atoms with Gasteiger partial charge in [0.05, 0.1) is 5.56 Å². The Bertz CT molecular complexity index is 1160. The number of para-hydroxylation sites is 2. The van der Waals surface area contributed by atoms with Crippen molar-refractivity contribution in [1.82, 2.24) is 0 Å². The highest BCUT2D eigenvalue weighted by Gasteiger charge is 2.21. The molecule has 0 unspecified atom stereocenters. The van der Waals surface area contributed by atoms with Gasteiger partial charge in [0.15, 0.2) is 5.78 Å². The molecule has 0 spiro atoms. The van der Waals surface area contributed by atoms with Crippen molar-refractivity contribution >= 4 is 23.1 Å². The second-order valence-corrected chi connectivity index (χ2v) is 6.65. The van der Waals surface area contributed by atoms with Crippen molar-refractivity contribution in [2.45, 2.75) is 0 Å². The minimum atomic E-state index is -0.586. The third-order valence-electron chi connectivity index (χ3n) is 4.54. The van der Waals surface area contributed by atoms with Crippen LogP contribution in [0, 0.1) is 0 Å². The first kappa shape index (κ1) is 19.2. The van der Waals surface area contributed by atoms with Crippen LogP contribution in [0.4, 0.5) is 11.4 Å². The molecule has 0 radical (unpaired) electrons. The molecule has 4 aromatic rings. The number of ether oxygens (including phenoxy) is 1. The van der Waals surface area contributed by atoms with E-state index in [9.17, 15) is 9.59 Å². The van der Waals surface area contributed by atoms with Gasteiger partial charge in [0.2, 0.25) is 0 Å². The summed E-state index contributed by atoms with van der Waals surface area (Å²) >= 11 is 0. The molecule has 0 bridgehead atoms. The first-order chi connectivity index (χ1) is 14.7. The molecule has 0 aliphatic rings. The van der Waals surface area contributed by atoms with Crippen molar-refractivity contribution in [3.8, 4) is 5.75 Å². The minimum absolute atomic E-state index is 0.202. The van der Waals surface area contributed by atoms with Crippen molar-refractivity contribution in [1.29, 1.82) is 0 Å². The zero-order valence-electron chi connectivity index (χ0n) is 16.1. The van der Waals surface area contributed by atoms with Gasteiger partial charge in [-0.25, -0.2) is 4.79 Å². The van der Waals surface area contributed by atoms with Crippen molar-refractivity contribution in [3.05, 3.63) is 126 Å². The molecular weight excluding hydrogens is 374 g/mol. The fourth-order valence-electron chi connectivity index (χ4n) is 3.07. The molecule has 4 heteroatoms. The molecule has 4 rings (SSSR count). The highest BCUT2D eigenvalue weighted by molar-refractivity contribution is 6.15. The highest BCUT2D eigenvalue weighted by Crippen LogP contribution is 2.24. The van der Waals surface area contributed by atoms with Crippen LogP contribution in [0.2, 0.25) is 0 Å². The van der Waals surface area contributed by atoms with Crippen LogP contribution in [-0.2, 0) is 0 Å². The molecule has 0 aliphatic carbocycles. The summed E-state index contributed by atoms with van der Waals surface area (Å²) < 4.78 is 5.51. The molecule has 1 N–H and O–H groups in total. The van der Waals surface area contributed by atoms with Gasteiger partial charge in [-0.05, 0) is 42.5 Å². The van der Waals surface area contributed by atoms with Gasteiger partial charge in [0, 0.05) is 22.5 Å². The second kappa shape index (κ2) is 8.88. The lowest BCUT2D eigenvalue weighted by atomic mass is 9.97. The van der Waals surface area contributed by atoms with Crippen molar-refractivity contribution in [2.24, 2.45) is 0 Å². The monoisotopic (exact) mass is 393 g/mol. The van der Waals surface area contributed by atoms with E-state index in [0.29, 0.717) is 22.6 Å². The van der Waals surface area contributed by atoms with Crippen molar-refractivity contribution in [2.75, 3.05) is 5.32 Å². The van der Waals surface area contributed by atoms with E-state index in [2.05, 4.69) is 5.32 Å². The maximum Gasteiger partial charge on any atom is 0.344 e. The molecular formula is C26H19NO3. The van der Waals surface area contributed by atoms with Crippen molar-refractivity contribution in [3.63, 3.8) is 0 Å². The number of nitrogens with one attached hydrogen (secondary N) is 1. The largest absolute Gasteiger partial charge is 0.423 e. The summed E-state index contributed by atoms with van der Waals surface area (Å²) in [4.78, 5) is 26.0. The number of rotatable bonds is 6. The SMILES string of the molecule is O=C(Oc1ccccc1)c1cc(Nc2ccccc2)ccc1C(=O)c1ccccc1. The fourth-order valence-corrected chi connectivity index (χ4v) is 3.07. The average Bonchev–Trinajstić information content (AvgIpc) is 2.80. The predicted octanol–water partition coefficient (Wildman–Crippen LogP) is 5.88.